The van der Waals surface area contributed by atoms with Crippen LogP contribution in [0.2, 0.25) is 0 Å². The molecule has 0 saturated heterocycles. The number of benzene rings is 2. The van der Waals surface area contributed by atoms with E-state index in [1.807, 2.05) is 48.5 Å². The minimum atomic E-state index is -5.41. The summed E-state index contributed by atoms with van der Waals surface area (Å²) in [7, 11) is -5.41. The van der Waals surface area contributed by atoms with Gasteiger partial charge in [-0.05, 0) is 34.6 Å². The molecular formula is C18H16F2O3S. The number of rotatable bonds is 3. The zero-order valence-electron chi connectivity index (χ0n) is 12.7. The highest BCUT2D eigenvalue weighted by Gasteiger charge is 2.51. The van der Waals surface area contributed by atoms with Gasteiger partial charge in [0, 0.05) is 18.3 Å². The highest BCUT2D eigenvalue weighted by Crippen LogP contribution is 2.57. The summed E-state index contributed by atoms with van der Waals surface area (Å²) in [6.07, 6.45) is -0.403. The molecule has 2 aromatic carbocycles. The SMILES string of the molecule is O=S(=O)(O)C(F)(F)CC1CC2c3ccccc3C1c1ccccc12. The molecule has 3 aliphatic rings. The van der Waals surface area contributed by atoms with E-state index in [0.717, 1.165) is 22.3 Å². The van der Waals surface area contributed by atoms with E-state index in [4.69, 9.17) is 4.55 Å². The Hall–Kier alpha value is -1.79. The lowest BCUT2D eigenvalue weighted by Crippen LogP contribution is -2.38. The lowest BCUT2D eigenvalue weighted by molar-refractivity contribution is 0.0445. The second-order valence-corrected chi connectivity index (χ2v) is 8.15. The molecule has 1 N–H and O–H groups in total. The molecule has 0 aromatic heterocycles. The quantitative estimate of drug-likeness (QED) is 0.846. The van der Waals surface area contributed by atoms with E-state index in [9.17, 15) is 17.2 Å². The molecule has 2 bridgehead atoms. The van der Waals surface area contributed by atoms with Gasteiger partial charge in [-0.3, -0.25) is 4.55 Å². The Morgan fingerprint density at radius 2 is 1.42 bits per heavy atom. The van der Waals surface area contributed by atoms with Crippen molar-refractivity contribution in [3.63, 3.8) is 0 Å². The molecular weight excluding hydrogens is 334 g/mol. The van der Waals surface area contributed by atoms with Crippen LogP contribution in [-0.2, 0) is 10.1 Å². The summed E-state index contributed by atoms with van der Waals surface area (Å²) >= 11 is 0. The van der Waals surface area contributed by atoms with Crippen LogP contribution in [0.15, 0.2) is 48.5 Å². The van der Waals surface area contributed by atoms with E-state index >= 15 is 0 Å². The molecule has 6 heteroatoms. The van der Waals surface area contributed by atoms with Gasteiger partial charge in [-0.15, -0.1) is 0 Å². The van der Waals surface area contributed by atoms with Crippen molar-refractivity contribution in [2.75, 3.05) is 0 Å². The van der Waals surface area contributed by atoms with Crippen LogP contribution in [0.4, 0.5) is 8.78 Å². The molecule has 0 radical (unpaired) electrons. The third-order valence-corrected chi connectivity index (χ3v) is 6.22. The number of hydrogen-bond donors (Lipinski definition) is 1. The molecule has 0 spiro atoms. The standard InChI is InChI=1S/C18H16F2O3S/c19-18(20,24(21,22)23)10-11-9-16-12-5-1-3-7-14(12)17(11)15-8-4-2-6-13(15)16/h1-8,11,16-17H,9-10H2,(H,21,22,23). The molecule has 1 unspecified atom stereocenters. The van der Waals surface area contributed by atoms with Crippen LogP contribution in [0.25, 0.3) is 0 Å². The van der Waals surface area contributed by atoms with Gasteiger partial charge in [-0.25, -0.2) is 0 Å². The largest absolute Gasteiger partial charge is 0.370 e. The van der Waals surface area contributed by atoms with Gasteiger partial charge in [0.05, 0.1) is 0 Å². The van der Waals surface area contributed by atoms with E-state index in [2.05, 4.69) is 0 Å². The Balaban J connectivity index is 1.82. The normalized spacial score (nSPS) is 25.2. The van der Waals surface area contributed by atoms with Gasteiger partial charge in [0.15, 0.2) is 0 Å². The molecule has 0 amide bonds. The van der Waals surface area contributed by atoms with Gasteiger partial charge in [0.1, 0.15) is 0 Å². The van der Waals surface area contributed by atoms with Crippen LogP contribution in [0.5, 0.6) is 0 Å². The molecule has 0 fully saturated rings. The van der Waals surface area contributed by atoms with Gasteiger partial charge in [0.25, 0.3) is 0 Å². The smallest absolute Gasteiger partial charge is 0.281 e. The monoisotopic (exact) mass is 350 g/mol. The molecule has 2 aromatic rings. The second-order valence-electron chi connectivity index (χ2n) is 6.60. The summed E-state index contributed by atoms with van der Waals surface area (Å²) in [6, 6.07) is 15.5. The predicted octanol–water partition coefficient (Wildman–Crippen LogP) is 4.15. The number of fused-ring (bicyclic) bond motifs is 1. The van der Waals surface area contributed by atoms with Crippen molar-refractivity contribution >= 4 is 10.1 Å². The summed E-state index contributed by atoms with van der Waals surface area (Å²) in [5, 5.41) is -4.13. The average molecular weight is 350 g/mol. The lowest BCUT2D eigenvalue weighted by atomic mass is 9.58. The lowest BCUT2D eigenvalue weighted by Gasteiger charge is -2.46. The van der Waals surface area contributed by atoms with Crippen molar-refractivity contribution in [1.29, 1.82) is 0 Å². The third kappa shape index (κ3) is 2.20. The van der Waals surface area contributed by atoms with E-state index in [-0.39, 0.29) is 11.8 Å². The fourth-order valence-corrected chi connectivity index (χ4v) is 4.80. The molecule has 0 saturated carbocycles. The first-order chi connectivity index (χ1) is 11.3. The Morgan fingerprint density at radius 1 is 0.958 bits per heavy atom. The second kappa shape index (κ2) is 5.10. The average Bonchev–Trinajstić information content (AvgIpc) is 2.54. The number of alkyl halides is 2. The zero-order valence-corrected chi connectivity index (χ0v) is 13.5. The number of hydrogen-bond acceptors (Lipinski definition) is 2. The van der Waals surface area contributed by atoms with Crippen molar-refractivity contribution in [3.8, 4) is 0 Å². The zero-order chi connectivity index (χ0) is 17.1. The van der Waals surface area contributed by atoms with Gasteiger partial charge < -0.3 is 0 Å². The maximum Gasteiger partial charge on any atom is 0.370 e. The van der Waals surface area contributed by atoms with E-state index in [0.29, 0.717) is 6.42 Å². The summed E-state index contributed by atoms with van der Waals surface area (Å²) in [4.78, 5) is 0. The Kier molecular flexibility index (Phi) is 3.34. The fourth-order valence-electron chi connectivity index (χ4n) is 4.37. The van der Waals surface area contributed by atoms with Crippen LogP contribution in [0.3, 0.4) is 0 Å². The van der Waals surface area contributed by atoms with Crippen molar-refractivity contribution in [1.82, 2.24) is 0 Å². The molecule has 0 heterocycles. The van der Waals surface area contributed by atoms with Crippen molar-refractivity contribution < 1.29 is 21.8 Å². The van der Waals surface area contributed by atoms with E-state index in [1.54, 1.807) is 0 Å². The Labute approximate surface area is 139 Å². The topological polar surface area (TPSA) is 54.4 Å². The van der Waals surface area contributed by atoms with Crippen molar-refractivity contribution in [3.05, 3.63) is 70.8 Å². The van der Waals surface area contributed by atoms with Crippen molar-refractivity contribution in [2.24, 2.45) is 5.92 Å². The molecule has 1 atom stereocenters. The predicted molar refractivity (Wildman–Crippen MR) is 85.8 cm³/mol. The van der Waals surface area contributed by atoms with Crippen LogP contribution >= 0.6 is 0 Å². The molecule has 0 aliphatic heterocycles. The first-order valence-corrected chi connectivity index (χ1v) is 9.26. The minimum absolute atomic E-state index is 0.00963. The molecule has 3 aliphatic carbocycles. The summed E-state index contributed by atoms with van der Waals surface area (Å²) < 4.78 is 58.8. The van der Waals surface area contributed by atoms with E-state index in [1.165, 1.54) is 0 Å². The van der Waals surface area contributed by atoms with Crippen molar-refractivity contribution in [2.45, 2.75) is 29.9 Å². The molecule has 3 nitrogen and oxygen atoms in total. The van der Waals surface area contributed by atoms with Crippen LogP contribution < -0.4 is 0 Å². The van der Waals surface area contributed by atoms with Gasteiger partial charge in [-0.2, -0.15) is 17.2 Å². The molecule has 24 heavy (non-hydrogen) atoms. The van der Waals surface area contributed by atoms with Crippen LogP contribution in [0.1, 0.15) is 46.9 Å². The summed E-state index contributed by atoms with van der Waals surface area (Å²) in [5.41, 5.74) is 4.24. The summed E-state index contributed by atoms with van der Waals surface area (Å²) in [5.74, 6) is -0.809. The Morgan fingerprint density at radius 3 is 1.88 bits per heavy atom. The third-order valence-electron chi connectivity index (χ3n) is 5.30. The first-order valence-electron chi connectivity index (χ1n) is 7.82. The maximum atomic E-state index is 14.0. The van der Waals surface area contributed by atoms with Crippen LogP contribution in [0, 0.1) is 5.92 Å². The summed E-state index contributed by atoms with van der Waals surface area (Å²) in [6.45, 7) is 0. The fraction of sp³-hybridized carbons (Fsp3) is 0.333. The maximum absolute atomic E-state index is 14.0. The van der Waals surface area contributed by atoms with Gasteiger partial charge in [-0.1, -0.05) is 48.5 Å². The highest BCUT2D eigenvalue weighted by molar-refractivity contribution is 7.86. The van der Waals surface area contributed by atoms with Crippen LogP contribution in [-0.4, -0.2) is 18.2 Å². The van der Waals surface area contributed by atoms with Gasteiger partial charge >= 0.3 is 15.4 Å². The first kappa shape index (κ1) is 15.7. The minimum Gasteiger partial charge on any atom is -0.281 e. The molecule has 126 valence electrons. The molecule has 5 rings (SSSR count). The van der Waals surface area contributed by atoms with E-state index < -0.39 is 27.7 Å². The highest BCUT2D eigenvalue weighted by atomic mass is 32.2. The number of halogens is 2. The van der Waals surface area contributed by atoms with Gasteiger partial charge in [0.2, 0.25) is 0 Å². The Bertz CT molecular complexity index is 860.